The van der Waals surface area contributed by atoms with E-state index < -0.39 is 24.5 Å². The molecule has 138 valence electrons. The lowest BCUT2D eigenvalue weighted by molar-refractivity contribution is 0.0768. The molecule has 0 spiro atoms. The summed E-state index contributed by atoms with van der Waals surface area (Å²) >= 11 is 5.86. The third-order valence-electron chi connectivity index (χ3n) is 3.60. The van der Waals surface area contributed by atoms with Crippen LogP contribution in [0.3, 0.4) is 0 Å². The largest absolute Gasteiger partial charge is 0.459 e. The summed E-state index contributed by atoms with van der Waals surface area (Å²) in [6.07, 6.45) is -2.72. The van der Waals surface area contributed by atoms with E-state index in [1.54, 1.807) is 0 Å². The Kier molecular flexibility index (Phi) is 4.90. The van der Waals surface area contributed by atoms with Crippen molar-refractivity contribution >= 4 is 17.2 Å². The number of aromatic nitrogens is 4. The molecule has 0 fully saturated rings. The average Bonchev–Trinajstić information content (AvgIpc) is 2.96. The first-order chi connectivity index (χ1) is 12.3. The molecule has 26 heavy (non-hydrogen) atoms. The van der Waals surface area contributed by atoms with Crippen molar-refractivity contribution in [2.24, 2.45) is 0 Å². The van der Waals surface area contributed by atoms with E-state index in [1.807, 2.05) is 13.8 Å². The summed E-state index contributed by atoms with van der Waals surface area (Å²) in [7, 11) is 0. The molecule has 2 heterocycles. The number of alkyl halides is 2. The molecule has 0 aliphatic rings. The zero-order chi connectivity index (χ0) is 19.0. The zero-order valence-electron chi connectivity index (χ0n) is 13.8. The molecule has 1 aromatic carbocycles. The number of fused-ring (bicyclic) bond motifs is 1. The van der Waals surface area contributed by atoms with E-state index in [0.29, 0.717) is 16.8 Å². The number of halogens is 4. The number of hydrogen-bond donors (Lipinski definition) is 1. The number of benzene rings is 1. The Hall–Kier alpha value is -2.55. The third-order valence-corrected chi connectivity index (χ3v) is 3.89. The highest BCUT2D eigenvalue weighted by Crippen LogP contribution is 2.33. The van der Waals surface area contributed by atoms with Gasteiger partial charge in [0.05, 0.1) is 16.3 Å². The topological polar surface area (TPSA) is 72.3 Å². The molecule has 3 aromatic rings. The van der Waals surface area contributed by atoms with Gasteiger partial charge in [-0.05, 0) is 23.6 Å². The van der Waals surface area contributed by atoms with Crippen molar-refractivity contribution in [3.05, 3.63) is 45.2 Å². The molecule has 0 amide bonds. The van der Waals surface area contributed by atoms with Gasteiger partial charge < -0.3 is 4.74 Å². The number of rotatable bonds is 5. The standard InChI is InChI=1S/C16H14ClF3N4O2/c1-7(2)13-12(8-3-4-10(18)9(17)5-8)14-21-15(26-6-11(19)20)22-16(25)24(14)23-13/h3-5,7,11H,6H2,1-2H3,(H,21,22,25). The highest BCUT2D eigenvalue weighted by atomic mass is 35.5. The number of nitrogens with zero attached hydrogens (tertiary/aromatic N) is 3. The van der Waals surface area contributed by atoms with Crippen molar-refractivity contribution in [1.29, 1.82) is 0 Å². The lowest BCUT2D eigenvalue weighted by Crippen LogP contribution is -2.21. The van der Waals surface area contributed by atoms with Gasteiger partial charge in [-0.25, -0.2) is 18.0 Å². The van der Waals surface area contributed by atoms with E-state index in [2.05, 4.69) is 15.1 Å². The van der Waals surface area contributed by atoms with Crippen LogP contribution < -0.4 is 10.4 Å². The van der Waals surface area contributed by atoms with E-state index >= 15 is 0 Å². The monoisotopic (exact) mass is 386 g/mol. The van der Waals surface area contributed by atoms with Gasteiger partial charge in [-0.1, -0.05) is 31.5 Å². The van der Waals surface area contributed by atoms with E-state index in [0.717, 1.165) is 4.52 Å². The fourth-order valence-electron chi connectivity index (χ4n) is 2.48. The highest BCUT2D eigenvalue weighted by molar-refractivity contribution is 6.31. The summed E-state index contributed by atoms with van der Waals surface area (Å²) in [5.41, 5.74) is 0.879. The Morgan fingerprint density at radius 1 is 1.35 bits per heavy atom. The van der Waals surface area contributed by atoms with Gasteiger partial charge in [-0.3, -0.25) is 4.98 Å². The van der Waals surface area contributed by atoms with Crippen LogP contribution in [0.25, 0.3) is 16.8 Å². The molecule has 0 saturated heterocycles. The first-order valence-corrected chi connectivity index (χ1v) is 8.05. The van der Waals surface area contributed by atoms with Crippen LogP contribution in [0, 0.1) is 5.82 Å². The summed E-state index contributed by atoms with van der Waals surface area (Å²) in [6.45, 7) is 2.81. The third kappa shape index (κ3) is 3.39. The molecule has 0 bridgehead atoms. The van der Waals surface area contributed by atoms with Crippen molar-refractivity contribution in [2.45, 2.75) is 26.2 Å². The molecule has 0 aliphatic heterocycles. The first-order valence-electron chi connectivity index (χ1n) is 7.67. The molecule has 0 atom stereocenters. The van der Waals surface area contributed by atoms with Crippen molar-refractivity contribution in [1.82, 2.24) is 19.6 Å². The zero-order valence-corrected chi connectivity index (χ0v) is 14.5. The van der Waals surface area contributed by atoms with Crippen molar-refractivity contribution in [3.63, 3.8) is 0 Å². The van der Waals surface area contributed by atoms with Gasteiger partial charge in [0.15, 0.2) is 12.3 Å². The Morgan fingerprint density at radius 2 is 2.08 bits per heavy atom. The Bertz CT molecular complexity index is 1020. The van der Waals surface area contributed by atoms with Crippen molar-refractivity contribution in [2.75, 3.05) is 6.61 Å². The van der Waals surface area contributed by atoms with Crippen LogP contribution in [0.2, 0.25) is 5.02 Å². The van der Waals surface area contributed by atoms with Crippen LogP contribution >= 0.6 is 11.6 Å². The normalized spacial score (nSPS) is 11.7. The van der Waals surface area contributed by atoms with Gasteiger partial charge in [0, 0.05) is 0 Å². The minimum absolute atomic E-state index is 0.0969. The minimum atomic E-state index is -2.72. The molecule has 0 radical (unpaired) electrons. The quantitative estimate of drug-likeness (QED) is 0.726. The van der Waals surface area contributed by atoms with E-state index in [1.165, 1.54) is 18.2 Å². The number of hydrogen-bond acceptors (Lipinski definition) is 4. The number of ether oxygens (including phenoxy) is 1. The van der Waals surface area contributed by atoms with Gasteiger partial charge in [-0.15, -0.1) is 0 Å². The van der Waals surface area contributed by atoms with Crippen LogP contribution in [0.5, 0.6) is 6.01 Å². The molecule has 2 aromatic heterocycles. The second kappa shape index (κ2) is 6.99. The van der Waals surface area contributed by atoms with Crippen LogP contribution in [0.15, 0.2) is 23.0 Å². The average molecular weight is 387 g/mol. The maximum absolute atomic E-state index is 13.5. The molecule has 0 unspecified atom stereocenters. The smallest absolute Gasteiger partial charge is 0.352 e. The maximum Gasteiger partial charge on any atom is 0.352 e. The summed E-state index contributed by atoms with van der Waals surface area (Å²) in [6, 6.07) is 3.70. The van der Waals surface area contributed by atoms with Crippen LogP contribution in [0.1, 0.15) is 25.5 Å². The van der Waals surface area contributed by atoms with E-state index in [9.17, 15) is 18.0 Å². The lowest BCUT2D eigenvalue weighted by Gasteiger charge is -2.07. The molecule has 3 rings (SSSR count). The van der Waals surface area contributed by atoms with Gasteiger partial charge in [0.25, 0.3) is 12.4 Å². The van der Waals surface area contributed by atoms with Gasteiger partial charge in [-0.2, -0.15) is 14.6 Å². The molecule has 0 saturated carbocycles. The Balaban J connectivity index is 2.25. The molecular weight excluding hydrogens is 373 g/mol. The van der Waals surface area contributed by atoms with Gasteiger partial charge >= 0.3 is 5.69 Å². The van der Waals surface area contributed by atoms with Crippen LogP contribution in [-0.2, 0) is 0 Å². The summed E-state index contributed by atoms with van der Waals surface area (Å²) < 4.78 is 44.0. The first kappa shape index (κ1) is 18.2. The molecule has 1 N–H and O–H groups in total. The fraction of sp³-hybridized carbons (Fsp3) is 0.312. The molecule has 10 heteroatoms. The Labute approximate surface area is 150 Å². The SMILES string of the molecule is CC(C)c1nn2c(=O)[nH]c(OCC(F)F)nc2c1-c1ccc(F)c(Cl)c1. The predicted molar refractivity (Wildman–Crippen MR) is 89.6 cm³/mol. The molecular formula is C16H14ClF3N4O2. The lowest BCUT2D eigenvalue weighted by atomic mass is 9.99. The highest BCUT2D eigenvalue weighted by Gasteiger charge is 2.22. The van der Waals surface area contributed by atoms with Crippen molar-refractivity contribution < 1.29 is 17.9 Å². The molecule has 6 nitrogen and oxygen atoms in total. The van der Waals surface area contributed by atoms with Gasteiger partial charge in [0.1, 0.15) is 5.82 Å². The second-order valence-corrected chi connectivity index (χ2v) is 6.24. The Morgan fingerprint density at radius 3 is 2.69 bits per heavy atom. The minimum Gasteiger partial charge on any atom is -0.459 e. The van der Waals surface area contributed by atoms with E-state index in [-0.39, 0.29) is 22.6 Å². The van der Waals surface area contributed by atoms with Gasteiger partial charge in [0.2, 0.25) is 0 Å². The fourth-order valence-corrected chi connectivity index (χ4v) is 2.66. The van der Waals surface area contributed by atoms with E-state index in [4.69, 9.17) is 16.3 Å². The number of nitrogens with one attached hydrogen (secondary N) is 1. The van der Waals surface area contributed by atoms with Crippen LogP contribution in [-0.4, -0.2) is 32.6 Å². The summed E-state index contributed by atoms with van der Waals surface area (Å²) in [5.74, 6) is -0.690. The summed E-state index contributed by atoms with van der Waals surface area (Å²) in [5, 5.41) is 4.15. The van der Waals surface area contributed by atoms with Crippen LogP contribution in [0.4, 0.5) is 13.2 Å². The summed E-state index contributed by atoms with van der Waals surface area (Å²) in [4.78, 5) is 18.6. The van der Waals surface area contributed by atoms with Crippen molar-refractivity contribution in [3.8, 4) is 17.1 Å². The maximum atomic E-state index is 13.5. The second-order valence-electron chi connectivity index (χ2n) is 5.83. The number of aromatic amines is 1. The predicted octanol–water partition coefficient (Wildman–Crippen LogP) is 3.64. The molecule has 0 aliphatic carbocycles. The number of H-pyrrole nitrogens is 1.